The molecule has 3 nitrogen and oxygen atoms in total. The van der Waals surface area contributed by atoms with Gasteiger partial charge in [0.05, 0.1) is 6.10 Å². The number of aliphatic hydroxyl groups is 1. The molecular weight excluding hydrogens is 252 g/mol. The zero-order valence-corrected chi connectivity index (χ0v) is 12.4. The molecule has 20 heavy (non-hydrogen) atoms. The zero-order valence-electron chi connectivity index (χ0n) is 12.4. The molecule has 1 N–H and O–H groups in total. The second kappa shape index (κ2) is 5.59. The Hall–Kier alpha value is -0.700. The lowest BCUT2D eigenvalue weighted by Gasteiger charge is -2.46. The predicted octanol–water partition coefficient (Wildman–Crippen LogP) is 2.75. The molecule has 0 saturated heterocycles. The number of hydrogen-bond donors (Lipinski definition) is 1. The molecule has 3 heteroatoms. The minimum atomic E-state index is -0.103. The molecule has 0 aromatic rings. The molecule has 0 radical (unpaired) electrons. The number of fused-ring (bicyclic) bond motifs is 3. The molecule has 0 spiro atoms. The molecule has 3 aliphatic carbocycles. The second-order valence-electron chi connectivity index (χ2n) is 7.23. The molecule has 0 aromatic carbocycles. The third-order valence-electron chi connectivity index (χ3n) is 6.24. The van der Waals surface area contributed by atoms with Crippen LogP contribution in [-0.2, 0) is 9.59 Å². The van der Waals surface area contributed by atoms with Crippen LogP contribution in [0.2, 0.25) is 0 Å². The van der Waals surface area contributed by atoms with Crippen LogP contribution in [0.5, 0.6) is 0 Å². The summed E-state index contributed by atoms with van der Waals surface area (Å²) in [4.78, 5) is 23.5. The van der Waals surface area contributed by atoms with Gasteiger partial charge in [-0.15, -0.1) is 0 Å². The number of ketones is 2. The van der Waals surface area contributed by atoms with Gasteiger partial charge in [0.15, 0.2) is 0 Å². The predicted molar refractivity (Wildman–Crippen MR) is 76.1 cm³/mol. The fraction of sp³-hybridized carbons (Fsp3) is 0.882. The van der Waals surface area contributed by atoms with Crippen LogP contribution in [0, 0.1) is 29.6 Å². The highest BCUT2D eigenvalue weighted by atomic mass is 16.3. The number of carbonyl (C=O) groups excluding carboxylic acids is 2. The average molecular weight is 278 g/mol. The van der Waals surface area contributed by atoms with Crippen LogP contribution in [0.1, 0.15) is 58.3 Å². The lowest BCUT2D eigenvalue weighted by molar-refractivity contribution is -0.132. The van der Waals surface area contributed by atoms with E-state index < -0.39 is 0 Å². The molecule has 0 bridgehead atoms. The summed E-state index contributed by atoms with van der Waals surface area (Å²) >= 11 is 0. The monoisotopic (exact) mass is 278 g/mol. The molecule has 1 unspecified atom stereocenters. The van der Waals surface area contributed by atoms with Crippen LogP contribution in [0.25, 0.3) is 0 Å². The van der Waals surface area contributed by atoms with Crippen molar-refractivity contribution in [3.8, 4) is 0 Å². The summed E-state index contributed by atoms with van der Waals surface area (Å²) in [6.07, 6.45) is 7.18. The lowest BCUT2D eigenvalue weighted by atomic mass is 9.58. The molecule has 3 aliphatic rings. The third kappa shape index (κ3) is 2.45. The van der Waals surface area contributed by atoms with Gasteiger partial charge in [-0.3, -0.25) is 4.79 Å². The lowest BCUT2D eigenvalue weighted by Crippen LogP contribution is -2.44. The summed E-state index contributed by atoms with van der Waals surface area (Å²) in [7, 11) is 0. The van der Waals surface area contributed by atoms with E-state index in [1.165, 1.54) is 0 Å². The Balaban J connectivity index is 1.73. The van der Waals surface area contributed by atoms with Gasteiger partial charge in [-0.1, -0.05) is 0 Å². The van der Waals surface area contributed by atoms with Crippen molar-refractivity contribution in [2.45, 2.75) is 64.4 Å². The molecular formula is C17H26O3. The number of Topliss-reactive ketones (excluding diaryl/α,β-unsaturated/α-hetero) is 2. The summed E-state index contributed by atoms with van der Waals surface area (Å²) in [5.74, 6) is 2.95. The van der Waals surface area contributed by atoms with Crippen molar-refractivity contribution in [2.75, 3.05) is 0 Å². The van der Waals surface area contributed by atoms with Gasteiger partial charge < -0.3 is 9.90 Å². The maximum Gasteiger partial charge on any atom is 0.136 e. The van der Waals surface area contributed by atoms with Gasteiger partial charge >= 0.3 is 0 Å². The summed E-state index contributed by atoms with van der Waals surface area (Å²) in [6, 6.07) is 0. The number of aliphatic hydroxyl groups excluding tert-OH is 1. The van der Waals surface area contributed by atoms with E-state index in [1.807, 2.05) is 0 Å². The maximum atomic E-state index is 12.3. The Labute approximate surface area is 121 Å². The Morgan fingerprint density at radius 1 is 1.05 bits per heavy atom. The highest BCUT2D eigenvalue weighted by molar-refractivity contribution is 5.83. The minimum absolute atomic E-state index is 0.103. The van der Waals surface area contributed by atoms with Crippen LogP contribution in [0.4, 0.5) is 0 Å². The topological polar surface area (TPSA) is 54.4 Å². The first-order valence-electron chi connectivity index (χ1n) is 8.28. The van der Waals surface area contributed by atoms with E-state index in [1.54, 1.807) is 6.92 Å². The largest absolute Gasteiger partial charge is 0.393 e. The van der Waals surface area contributed by atoms with Gasteiger partial charge in [0.1, 0.15) is 11.6 Å². The fourth-order valence-electron chi connectivity index (χ4n) is 5.33. The number of carbonyl (C=O) groups is 2. The number of rotatable bonds is 3. The number of hydrogen-bond acceptors (Lipinski definition) is 3. The van der Waals surface area contributed by atoms with Gasteiger partial charge in [-0.2, -0.15) is 0 Å². The molecule has 112 valence electrons. The van der Waals surface area contributed by atoms with Gasteiger partial charge in [-0.25, -0.2) is 0 Å². The smallest absolute Gasteiger partial charge is 0.136 e. The van der Waals surface area contributed by atoms with Crippen molar-refractivity contribution >= 4 is 11.6 Å². The first-order valence-corrected chi connectivity index (χ1v) is 8.28. The first kappa shape index (κ1) is 14.2. The van der Waals surface area contributed by atoms with E-state index in [4.69, 9.17) is 0 Å². The molecule has 6 atom stereocenters. The van der Waals surface area contributed by atoms with E-state index in [2.05, 4.69) is 0 Å². The van der Waals surface area contributed by atoms with Crippen molar-refractivity contribution in [3.05, 3.63) is 0 Å². The Kier molecular flexibility index (Phi) is 3.98. The zero-order chi connectivity index (χ0) is 14.3. The molecule has 0 aliphatic heterocycles. The van der Waals surface area contributed by atoms with Crippen molar-refractivity contribution in [1.29, 1.82) is 0 Å². The summed E-state index contributed by atoms with van der Waals surface area (Å²) in [5.41, 5.74) is 0. The third-order valence-corrected chi connectivity index (χ3v) is 6.24. The quantitative estimate of drug-likeness (QED) is 0.863. The van der Waals surface area contributed by atoms with E-state index in [0.29, 0.717) is 42.3 Å². The van der Waals surface area contributed by atoms with Gasteiger partial charge in [0, 0.05) is 18.8 Å². The fourth-order valence-corrected chi connectivity index (χ4v) is 5.33. The van der Waals surface area contributed by atoms with Gasteiger partial charge in [0.25, 0.3) is 0 Å². The highest BCUT2D eigenvalue weighted by Crippen LogP contribution is 2.54. The first-order chi connectivity index (χ1) is 9.58. The van der Waals surface area contributed by atoms with Gasteiger partial charge in [-0.05, 0) is 69.1 Å². The molecule has 3 rings (SSSR count). The molecule has 0 heterocycles. The minimum Gasteiger partial charge on any atom is -0.393 e. The highest BCUT2D eigenvalue weighted by Gasteiger charge is 2.50. The van der Waals surface area contributed by atoms with E-state index in [0.717, 1.165) is 38.5 Å². The van der Waals surface area contributed by atoms with Crippen LogP contribution in [0.15, 0.2) is 0 Å². The Morgan fingerprint density at radius 2 is 1.70 bits per heavy atom. The van der Waals surface area contributed by atoms with Crippen molar-refractivity contribution < 1.29 is 14.7 Å². The van der Waals surface area contributed by atoms with Crippen molar-refractivity contribution in [2.24, 2.45) is 29.6 Å². The molecule has 3 saturated carbocycles. The van der Waals surface area contributed by atoms with Crippen LogP contribution < -0.4 is 0 Å². The Morgan fingerprint density at radius 3 is 2.45 bits per heavy atom. The second-order valence-corrected chi connectivity index (χ2v) is 7.23. The van der Waals surface area contributed by atoms with Crippen LogP contribution >= 0.6 is 0 Å². The molecule has 3 fully saturated rings. The van der Waals surface area contributed by atoms with Crippen molar-refractivity contribution in [3.63, 3.8) is 0 Å². The summed E-state index contributed by atoms with van der Waals surface area (Å²) in [6.45, 7) is 1.62. The maximum absolute atomic E-state index is 12.3. The summed E-state index contributed by atoms with van der Waals surface area (Å²) in [5, 5.41) is 10.1. The molecule has 0 aromatic heterocycles. The van der Waals surface area contributed by atoms with Crippen molar-refractivity contribution in [1.82, 2.24) is 0 Å². The van der Waals surface area contributed by atoms with E-state index in [-0.39, 0.29) is 17.8 Å². The molecule has 0 amide bonds. The van der Waals surface area contributed by atoms with E-state index in [9.17, 15) is 14.7 Å². The van der Waals surface area contributed by atoms with E-state index >= 15 is 0 Å². The SMILES string of the molecule is CC(=O)CCC1C(=O)CC[C@H]2[C@@H]3CC[C@H](O)[C@H]3CC[C@H]12. The average Bonchev–Trinajstić information content (AvgIpc) is 2.79. The standard InChI is InChI=1S/C17H26O3/c1-10(18)2-3-14-12-4-5-15-13(7-9-17(15)20)11(12)6-8-16(14)19/h11-15,17,20H,2-9H2,1H3/t11-,12+,13+,14?,15+,17+/m1/s1. The van der Waals surface area contributed by atoms with Crippen LogP contribution in [-0.4, -0.2) is 22.8 Å². The summed E-state index contributed by atoms with van der Waals surface area (Å²) < 4.78 is 0. The Bertz CT molecular complexity index is 403. The van der Waals surface area contributed by atoms with Gasteiger partial charge in [0.2, 0.25) is 0 Å². The normalized spacial score (nSPS) is 44.0. The van der Waals surface area contributed by atoms with Crippen LogP contribution in [0.3, 0.4) is 0 Å².